The lowest BCUT2D eigenvalue weighted by atomic mass is 10.2. The third-order valence-electron chi connectivity index (χ3n) is 4.03. The maximum Gasteiger partial charge on any atom is 0.330 e. The van der Waals surface area contributed by atoms with Crippen molar-refractivity contribution in [1.29, 1.82) is 0 Å². The molecule has 0 atom stereocenters. The molecule has 0 aliphatic carbocycles. The van der Waals surface area contributed by atoms with E-state index in [2.05, 4.69) is 25.2 Å². The van der Waals surface area contributed by atoms with Crippen LogP contribution in [0.15, 0.2) is 64.8 Å². The van der Waals surface area contributed by atoms with Crippen molar-refractivity contribution in [2.45, 2.75) is 16.8 Å². The number of carbonyl (C=O) groups excluding carboxylic acids is 1. The number of hydrogen-bond donors (Lipinski definition) is 2. The minimum atomic E-state index is -0.382. The zero-order chi connectivity index (χ0) is 20.2. The van der Waals surface area contributed by atoms with Gasteiger partial charge in [-0.2, -0.15) is 5.10 Å². The molecule has 8 nitrogen and oxygen atoms in total. The highest BCUT2D eigenvalue weighted by Crippen LogP contribution is 2.29. The fourth-order valence-corrected chi connectivity index (χ4v) is 3.45. The first kappa shape index (κ1) is 18.8. The van der Waals surface area contributed by atoms with E-state index in [1.807, 2.05) is 53.9 Å². The van der Waals surface area contributed by atoms with Crippen molar-refractivity contribution in [3.8, 4) is 0 Å². The highest BCUT2D eigenvalue weighted by molar-refractivity contribution is 7.99. The van der Waals surface area contributed by atoms with Gasteiger partial charge in [0.2, 0.25) is 5.95 Å². The average Bonchev–Trinajstić information content (AvgIpc) is 3.36. The van der Waals surface area contributed by atoms with Gasteiger partial charge in [0.05, 0.1) is 7.11 Å². The first-order valence-electron chi connectivity index (χ1n) is 8.78. The number of nitrogens with one attached hydrogen (secondary N) is 2. The van der Waals surface area contributed by atoms with Crippen molar-refractivity contribution in [2.24, 2.45) is 0 Å². The van der Waals surface area contributed by atoms with Gasteiger partial charge in [-0.3, -0.25) is 9.50 Å². The molecule has 0 aliphatic rings. The number of esters is 1. The molecule has 0 fully saturated rings. The van der Waals surface area contributed by atoms with E-state index in [-0.39, 0.29) is 5.97 Å². The molecule has 4 aromatic rings. The second-order valence-electron chi connectivity index (χ2n) is 6.16. The molecule has 0 saturated carbocycles. The molecule has 9 heteroatoms. The fraction of sp³-hybridized carbons (Fsp3) is 0.100. The number of aryl methyl sites for hydroxylation is 1. The minimum Gasteiger partial charge on any atom is -0.466 e. The molecule has 0 amide bonds. The van der Waals surface area contributed by atoms with Gasteiger partial charge >= 0.3 is 5.97 Å². The van der Waals surface area contributed by atoms with E-state index >= 15 is 0 Å². The zero-order valence-corrected chi connectivity index (χ0v) is 16.6. The molecule has 0 radical (unpaired) electrons. The van der Waals surface area contributed by atoms with Gasteiger partial charge < -0.3 is 10.1 Å². The number of H-pyrrole nitrogens is 1. The lowest BCUT2D eigenvalue weighted by molar-refractivity contribution is -0.134. The zero-order valence-electron chi connectivity index (χ0n) is 15.8. The van der Waals surface area contributed by atoms with Crippen LogP contribution < -0.4 is 5.32 Å². The first-order chi connectivity index (χ1) is 14.1. The summed E-state index contributed by atoms with van der Waals surface area (Å²) in [5.74, 6) is 0.938. The molecule has 1 aromatic carbocycles. The van der Waals surface area contributed by atoms with Crippen LogP contribution in [0.3, 0.4) is 0 Å². The average molecular weight is 406 g/mol. The minimum absolute atomic E-state index is 0.382. The Morgan fingerprint density at radius 1 is 1.28 bits per heavy atom. The summed E-state index contributed by atoms with van der Waals surface area (Å²) in [6, 6.07) is 11.6. The molecule has 0 bridgehead atoms. The Hall–Kier alpha value is -3.59. The molecule has 0 unspecified atom stereocenters. The number of ether oxygens (including phenoxy) is 1. The largest absolute Gasteiger partial charge is 0.466 e. The predicted octanol–water partition coefficient (Wildman–Crippen LogP) is 3.84. The van der Waals surface area contributed by atoms with Crippen LogP contribution in [0.4, 0.5) is 11.8 Å². The summed E-state index contributed by atoms with van der Waals surface area (Å²) >= 11 is 1.52. The number of hydrogen-bond acceptors (Lipinski definition) is 7. The molecule has 0 spiro atoms. The summed E-state index contributed by atoms with van der Waals surface area (Å²) in [6.07, 6.45) is 6.68. The third-order valence-corrected chi connectivity index (χ3v) is 4.95. The van der Waals surface area contributed by atoms with Crippen molar-refractivity contribution < 1.29 is 9.53 Å². The van der Waals surface area contributed by atoms with Crippen molar-refractivity contribution >= 4 is 41.2 Å². The standard InChI is InChI=1S/C20H18N6O2S/c1-13-11-16(25-24-13)22-20-23-18(12-17-21-9-10-26(17)20)29-15-6-3-14(4-7-15)5-8-19(27)28-2/h3-12H,1-2H3,(H2,22,23,24,25). The second kappa shape index (κ2) is 8.19. The quantitative estimate of drug-likeness (QED) is 0.285. The summed E-state index contributed by atoms with van der Waals surface area (Å²) in [4.78, 5) is 21.3. The molecule has 4 rings (SSSR count). The Morgan fingerprint density at radius 2 is 2.10 bits per heavy atom. The monoisotopic (exact) mass is 406 g/mol. The van der Waals surface area contributed by atoms with E-state index in [0.29, 0.717) is 11.8 Å². The van der Waals surface area contributed by atoms with Crippen LogP contribution in [0.1, 0.15) is 11.3 Å². The Balaban J connectivity index is 1.56. The van der Waals surface area contributed by atoms with Crippen LogP contribution >= 0.6 is 11.8 Å². The smallest absolute Gasteiger partial charge is 0.330 e. The van der Waals surface area contributed by atoms with Gasteiger partial charge in [0, 0.05) is 41.2 Å². The Kier molecular flexibility index (Phi) is 5.30. The van der Waals surface area contributed by atoms with E-state index in [9.17, 15) is 4.79 Å². The number of aromatic amines is 1. The first-order valence-corrected chi connectivity index (χ1v) is 9.59. The molecule has 3 heterocycles. The Morgan fingerprint density at radius 3 is 2.83 bits per heavy atom. The van der Waals surface area contributed by atoms with Crippen LogP contribution in [-0.4, -0.2) is 37.6 Å². The number of methoxy groups -OCH3 is 1. The third kappa shape index (κ3) is 4.46. The maximum atomic E-state index is 11.2. The number of imidazole rings is 1. The van der Waals surface area contributed by atoms with E-state index < -0.39 is 0 Å². The van der Waals surface area contributed by atoms with Crippen LogP contribution in [-0.2, 0) is 9.53 Å². The van der Waals surface area contributed by atoms with Gasteiger partial charge in [0.1, 0.15) is 10.7 Å². The number of aromatic nitrogens is 5. The van der Waals surface area contributed by atoms with Crippen molar-refractivity contribution in [3.63, 3.8) is 0 Å². The topological polar surface area (TPSA) is 97.2 Å². The number of fused-ring (bicyclic) bond motifs is 1. The molecular formula is C20H18N6O2S. The van der Waals surface area contributed by atoms with Crippen molar-refractivity contribution in [1.82, 2.24) is 24.6 Å². The van der Waals surface area contributed by atoms with Crippen molar-refractivity contribution in [2.75, 3.05) is 12.4 Å². The number of carbonyl (C=O) groups is 1. The Bertz CT molecular complexity index is 1180. The highest BCUT2D eigenvalue weighted by atomic mass is 32.2. The lowest BCUT2D eigenvalue weighted by Crippen LogP contribution is -2.02. The number of rotatable bonds is 6. The molecule has 146 valence electrons. The van der Waals surface area contributed by atoms with Crippen LogP contribution in [0, 0.1) is 6.92 Å². The highest BCUT2D eigenvalue weighted by Gasteiger charge is 2.10. The lowest BCUT2D eigenvalue weighted by Gasteiger charge is -2.08. The van der Waals surface area contributed by atoms with Crippen LogP contribution in [0.2, 0.25) is 0 Å². The van der Waals surface area contributed by atoms with Gasteiger partial charge in [-0.15, -0.1) is 0 Å². The number of anilines is 2. The van der Waals surface area contributed by atoms with Gasteiger partial charge in [-0.1, -0.05) is 23.9 Å². The molecular weight excluding hydrogens is 388 g/mol. The second-order valence-corrected chi connectivity index (χ2v) is 7.26. The number of benzene rings is 1. The summed E-state index contributed by atoms with van der Waals surface area (Å²) in [5.41, 5.74) is 2.66. The summed E-state index contributed by atoms with van der Waals surface area (Å²) < 4.78 is 6.47. The van der Waals surface area contributed by atoms with E-state index in [4.69, 9.17) is 4.98 Å². The van der Waals surface area contributed by atoms with Crippen LogP contribution in [0.5, 0.6) is 0 Å². The fourth-order valence-electron chi connectivity index (χ4n) is 2.64. The summed E-state index contributed by atoms with van der Waals surface area (Å²) in [7, 11) is 1.35. The van der Waals surface area contributed by atoms with E-state index in [0.717, 1.165) is 26.8 Å². The normalized spacial score (nSPS) is 11.2. The summed E-state index contributed by atoms with van der Waals surface area (Å²) in [6.45, 7) is 1.94. The Labute approximate surface area is 171 Å². The SMILES string of the molecule is COC(=O)C=Cc1ccc(Sc2cc3nccn3c(Nc3cc(C)[nH]n3)n2)cc1. The molecule has 0 saturated heterocycles. The van der Waals surface area contributed by atoms with E-state index in [1.54, 1.807) is 12.3 Å². The van der Waals surface area contributed by atoms with E-state index in [1.165, 1.54) is 24.9 Å². The number of nitrogens with zero attached hydrogens (tertiary/aromatic N) is 4. The maximum absolute atomic E-state index is 11.2. The van der Waals surface area contributed by atoms with Gasteiger partial charge in [-0.25, -0.2) is 14.8 Å². The molecule has 29 heavy (non-hydrogen) atoms. The van der Waals surface area contributed by atoms with Crippen LogP contribution in [0.25, 0.3) is 11.7 Å². The molecule has 3 aromatic heterocycles. The van der Waals surface area contributed by atoms with Gasteiger partial charge in [-0.05, 0) is 30.7 Å². The summed E-state index contributed by atoms with van der Waals surface area (Å²) in [5, 5.41) is 11.1. The van der Waals surface area contributed by atoms with Gasteiger partial charge in [0.15, 0.2) is 5.82 Å². The van der Waals surface area contributed by atoms with Crippen molar-refractivity contribution in [3.05, 3.63) is 66.1 Å². The predicted molar refractivity (Wildman–Crippen MR) is 111 cm³/mol. The molecule has 0 aliphatic heterocycles. The van der Waals surface area contributed by atoms with Gasteiger partial charge in [0.25, 0.3) is 0 Å². The molecule has 2 N–H and O–H groups in total.